The minimum absolute atomic E-state index is 0.125. The quantitative estimate of drug-likeness (QED) is 0.375. The van der Waals surface area contributed by atoms with Crippen LogP contribution in [0.2, 0.25) is 0 Å². The predicted octanol–water partition coefficient (Wildman–Crippen LogP) is 1.96. The third kappa shape index (κ3) is 2.22. The lowest BCUT2D eigenvalue weighted by Crippen LogP contribution is -2.02. The number of fused-ring (bicyclic) bond motifs is 1. The van der Waals surface area contributed by atoms with E-state index in [-0.39, 0.29) is 11.2 Å². The Hall–Kier alpha value is -2.62. The molecule has 0 aliphatic carbocycles. The highest BCUT2D eigenvalue weighted by atomic mass is 16.6. The first kappa shape index (κ1) is 11.9. The van der Waals surface area contributed by atoms with E-state index in [1.807, 2.05) is 0 Å². The smallest absolute Gasteiger partial charge is 0.300 e. The molecule has 18 heavy (non-hydrogen) atoms. The molecule has 0 spiro atoms. The second-order valence-corrected chi connectivity index (χ2v) is 3.59. The summed E-state index contributed by atoms with van der Waals surface area (Å²) in [5.74, 6) is 2.53. The number of terminal acetylenes is 1. The van der Waals surface area contributed by atoms with Gasteiger partial charge < -0.3 is 5.32 Å². The van der Waals surface area contributed by atoms with Crippen LogP contribution in [0.4, 0.5) is 11.4 Å². The molecule has 0 amide bonds. The zero-order chi connectivity index (χ0) is 13.0. The van der Waals surface area contributed by atoms with Crippen LogP contribution < -0.4 is 5.32 Å². The topological polar surface area (TPSA) is 94.1 Å². The van der Waals surface area contributed by atoms with Gasteiger partial charge in [-0.1, -0.05) is 0 Å². The van der Waals surface area contributed by atoms with Crippen LogP contribution in [0.5, 0.6) is 0 Å². The molecule has 0 aliphatic heterocycles. The zero-order valence-corrected chi connectivity index (χ0v) is 9.42. The summed E-state index contributed by atoms with van der Waals surface area (Å²) >= 11 is 0. The number of hydrogen-bond acceptors (Lipinski definition) is 6. The Morgan fingerprint density at radius 2 is 2.22 bits per heavy atom. The fraction of sp³-hybridized carbons (Fsp3) is 0.273. The fourth-order valence-electron chi connectivity index (χ4n) is 1.56. The Kier molecular flexibility index (Phi) is 3.38. The molecule has 0 aliphatic rings. The van der Waals surface area contributed by atoms with Crippen molar-refractivity contribution in [1.82, 2.24) is 10.3 Å². The largest absolute Gasteiger partial charge is 0.383 e. The normalized spacial score (nSPS) is 10.2. The van der Waals surface area contributed by atoms with Gasteiger partial charge in [0.05, 0.1) is 10.6 Å². The first-order valence-corrected chi connectivity index (χ1v) is 5.31. The number of rotatable bonds is 5. The summed E-state index contributed by atoms with van der Waals surface area (Å²) in [5.41, 5.74) is 1.01. The molecule has 0 saturated carbocycles. The standard InChI is InChI=1S/C11H10N4O3/c1-2-3-4-7-12-8-5-6-9(15(16)17)11-10(8)13-18-14-11/h1,5-6,12H,3-4,7H2. The number of nitrogens with zero attached hydrogens (tertiary/aromatic N) is 3. The number of nitro benzene ring substituents is 1. The summed E-state index contributed by atoms with van der Waals surface area (Å²) in [6.45, 7) is 0.657. The molecule has 0 radical (unpaired) electrons. The molecule has 0 unspecified atom stereocenters. The molecule has 2 rings (SSSR count). The second-order valence-electron chi connectivity index (χ2n) is 3.59. The first-order chi connectivity index (χ1) is 8.74. The monoisotopic (exact) mass is 246 g/mol. The number of anilines is 1. The number of non-ortho nitro benzene ring substituents is 1. The predicted molar refractivity (Wildman–Crippen MR) is 65.0 cm³/mol. The van der Waals surface area contributed by atoms with Gasteiger partial charge in [0.1, 0.15) is 0 Å². The van der Waals surface area contributed by atoms with Gasteiger partial charge in [0.25, 0.3) is 0 Å². The molecular formula is C11H10N4O3. The lowest BCUT2D eigenvalue weighted by molar-refractivity contribution is -0.383. The van der Waals surface area contributed by atoms with Crippen molar-refractivity contribution in [1.29, 1.82) is 0 Å². The van der Waals surface area contributed by atoms with Crippen LogP contribution in [0.1, 0.15) is 12.8 Å². The van der Waals surface area contributed by atoms with Crippen LogP contribution in [-0.4, -0.2) is 21.8 Å². The van der Waals surface area contributed by atoms with Crippen LogP contribution in [-0.2, 0) is 0 Å². The molecule has 0 atom stereocenters. The molecule has 1 N–H and O–H groups in total. The van der Waals surface area contributed by atoms with E-state index in [9.17, 15) is 10.1 Å². The Bertz CT molecular complexity index is 614. The van der Waals surface area contributed by atoms with Gasteiger partial charge in [0, 0.05) is 19.0 Å². The van der Waals surface area contributed by atoms with Crippen molar-refractivity contribution in [3.8, 4) is 12.3 Å². The Labute approximate surface area is 102 Å². The van der Waals surface area contributed by atoms with Gasteiger partial charge in [-0.3, -0.25) is 10.1 Å². The SMILES string of the molecule is C#CCCCNc1ccc([N+](=O)[O-])c2nonc12. The summed E-state index contributed by atoms with van der Waals surface area (Å²) < 4.78 is 4.55. The molecule has 7 heteroatoms. The van der Waals surface area contributed by atoms with E-state index in [0.29, 0.717) is 24.2 Å². The molecular weight excluding hydrogens is 236 g/mol. The van der Waals surface area contributed by atoms with Crippen LogP contribution in [0.15, 0.2) is 16.8 Å². The number of aromatic nitrogens is 2. The minimum Gasteiger partial charge on any atom is -0.383 e. The lowest BCUT2D eigenvalue weighted by Gasteiger charge is -2.04. The molecule has 1 aromatic heterocycles. The van der Waals surface area contributed by atoms with Crippen molar-refractivity contribution in [2.75, 3.05) is 11.9 Å². The average molecular weight is 246 g/mol. The van der Waals surface area contributed by atoms with Crippen LogP contribution in [0.25, 0.3) is 11.0 Å². The Morgan fingerprint density at radius 1 is 1.44 bits per heavy atom. The third-order valence-corrected chi connectivity index (χ3v) is 2.40. The molecule has 2 aromatic rings. The molecule has 0 bridgehead atoms. The first-order valence-electron chi connectivity index (χ1n) is 5.31. The van der Waals surface area contributed by atoms with Gasteiger partial charge in [-0.15, -0.1) is 12.3 Å². The fourth-order valence-corrected chi connectivity index (χ4v) is 1.56. The van der Waals surface area contributed by atoms with E-state index in [4.69, 9.17) is 6.42 Å². The molecule has 1 aromatic carbocycles. The van der Waals surface area contributed by atoms with Gasteiger partial charge in [0.2, 0.25) is 5.52 Å². The summed E-state index contributed by atoms with van der Waals surface area (Å²) in [6.07, 6.45) is 6.62. The van der Waals surface area contributed by atoms with Crippen LogP contribution >= 0.6 is 0 Å². The molecule has 0 saturated heterocycles. The molecule has 7 nitrogen and oxygen atoms in total. The number of hydrogen-bond donors (Lipinski definition) is 1. The van der Waals surface area contributed by atoms with E-state index in [1.54, 1.807) is 6.07 Å². The highest BCUT2D eigenvalue weighted by molar-refractivity contribution is 5.93. The van der Waals surface area contributed by atoms with Crippen molar-refractivity contribution in [2.24, 2.45) is 0 Å². The third-order valence-electron chi connectivity index (χ3n) is 2.40. The minimum atomic E-state index is -0.519. The highest BCUT2D eigenvalue weighted by Gasteiger charge is 2.19. The van der Waals surface area contributed by atoms with E-state index >= 15 is 0 Å². The highest BCUT2D eigenvalue weighted by Crippen LogP contribution is 2.28. The van der Waals surface area contributed by atoms with E-state index in [1.165, 1.54) is 6.07 Å². The Balaban J connectivity index is 2.25. The molecule has 0 fully saturated rings. The average Bonchev–Trinajstić information content (AvgIpc) is 2.83. The summed E-state index contributed by atoms with van der Waals surface area (Å²) in [5, 5.41) is 21.1. The van der Waals surface area contributed by atoms with Gasteiger partial charge in [-0.05, 0) is 22.8 Å². The van der Waals surface area contributed by atoms with Gasteiger partial charge in [0.15, 0.2) is 5.52 Å². The number of nitrogens with one attached hydrogen (secondary N) is 1. The maximum absolute atomic E-state index is 10.8. The summed E-state index contributed by atoms with van der Waals surface area (Å²) in [4.78, 5) is 10.3. The van der Waals surface area contributed by atoms with Crippen molar-refractivity contribution in [2.45, 2.75) is 12.8 Å². The van der Waals surface area contributed by atoms with Crippen molar-refractivity contribution in [3.05, 3.63) is 22.2 Å². The Morgan fingerprint density at radius 3 is 2.94 bits per heavy atom. The molecule has 1 heterocycles. The van der Waals surface area contributed by atoms with E-state index < -0.39 is 4.92 Å². The molecule has 92 valence electrons. The summed E-state index contributed by atoms with van der Waals surface area (Å²) in [7, 11) is 0. The zero-order valence-electron chi connectivity index (χ0n) is 9.42. The van der Waals surface area contributed by atoms with Crippen LogP contribution in [0.3, 0.4) is 0 Å². The second kappa shape index (κ2) is 5.14. The number of unbranched alkanes of at least 4 members (excludes halogenated alkanes) is 1. The maximum atomic E-state index is 10.8. The van der Waals surface area contributed by atoms with E-state index in [2.05, 4.69) is 26.2 Å². The van der Waals surface area contributed by atoms with Crippen molar-refractivity contribution in [3.63, 3.8) is 0 Å². The lowest BCUT2D eigenvalue weighted by atomic mass is 10.2. The van der Waals surface area contributed by atoms with Crippen molar-refractivity contribution < 1.29 is 9.55 Å². The number of nitro groups is 1. The summed E-state index contributed by atoms with van der Waals surface area (Å²) in [6, 6.07) is 2.95. The van der Waals surface area contributed by atoms with Crippen molar-refractivity contribution >= 4 is 22.4 Å². The van der Waals surface area contributed by atoms with Crippen LogP contribution in [0, 0.1) is 22.5 Å². The van der Waals surface area contributed by atoms with Gasteiger partial charge in [-0.2, -0.15) is 0 Å². The number of benzene rings is 1. The van der Waals surface area contributed by atoms with E-state index in [0.717, 1.165) is 6.42 Å². The van der Waals surface area contributed by atoms with Gasteiger partial charge >= 0.3 is 5.69 Å². The maximum Gasteiger partial charge on any atom is 0.300 e. The van der Waals surface area contributed by atoms with Gasteiger partial charge in [-0.25, -0.2) is 4.63 Å².